The zero-order valence-electron chi connectivity index (χ0n) is 7.78. The fourth-order valence-electron chi connectivity index (χ4n) is 1.37. The molecule has 2 aromatic rings. The van der Waals surface area contributed by atoms with Gasteiger partial charge < -0.3 is 9.84 Å². The van der Waals surface area contributed by atoms with E-state index in [0.29, 0.717) is 10.1 Å². The lowest BCUT2D eigenvalue weighted by molar-refractivity contribution is 0.0702. The zero-order chi connectivity index (χ0) is 11.0. The Morgan fingerprint density at radius 3 is 2.87 bits per heavy atom. The smallest absolute Gasteiger partial charge is 0.345 e. The van der Waals surface area contributed by atoms with Gasteiger partial charge in [-0.15, -0.1) is 11.3 Å². The van der Waals surface area contributed by atoms with Gasteiger partial charge in [0, 0.05) is 10.1 Å². The second kappa shape index (κ2) is 3.51. The van der Waals surface area contributed by atoms with Crippen molar-refractivity contribution in [1.29, 1.82) is 0 Å². The van der Waals surface area contributed by atoms with Gasteiger partial charge in [0.05, 0.1) is 7.11 Å². The number of methoxy groups -OCH3 is 1. The van der Waals surface area contributed by atoms with E-state index in [1.807, 2.05) is 0 Å². The molecule has 78 valence electrons. The van der Waals surface area contributed by atoms with E-state index in [9.17, 15) is 9.18 Å². The van der Waals surface area contributed by atoms with Gasteiger partial charge in [0.15, 0.2) is 11.6 Å². The molecule has 2 rings (SSSR count). The van der Waals surface area contributed by atoms with E-state index in [-0.39, 0.29) is 10.6 Å². The second-order valence-electron chi connectivity index (χ2n) is 2.91. The van der Waals surface area contributed by atoms with Gasteiger partial charge in [-0.3, -0.25) is 0 Å². The molecule has 5 heteroatoms. The lowest BCUT2D eigenvalue weighted by Crippen LogP contribution is -1.90. The molecule has 0 unspecified atom stereocenters. The quantitative estimate of drug-likeness (QED) is 0.856. The molecule has 0 saturated heterocycles. The minimum atomic E-state index is -1.02. The summed E-state index contributed by atoms with van der Waals surface area (Å²) in [5, 5.41) is 9.29. The van der Waals surface area contributed by atoms with E-state index >= 15 is 0 Å². The number of carbonyl (C=O) groups is 1. The summed E-state index contributed by atoms with van der Waals surface area (Å²) in [6, 6.07) is 4.23. The Hall–Kier alpha value is -1.62. The number of thiophene rings is 1. The number of hydrogen-bond acceptors (Lipinski definition) is 3. The standard InChI is InChI=1S/C10H7FO3S/c1-14-9-5-4-8(10(12)13)15-7(5)3-2-6(9)11/h2-4H,1H3,(H,12,13). The van der Waals surface area contributed by atoms with Crippen LogP contribution in [0.4, 0.5) is 4.39 Å². The monoisotopic (exact) mass is 226 g/mol. The van der Waals surface area contributed by atoms with E-state index in [2.05, 4.69) is 0 Å². The van der Waals surface area contributed by atoms with E-state index in [0.717, 1.165) is 11.3 Å². The Bertz CT molecular complexity index is 533. The number of rotatable bonds is 2. The van der Waals surface area contributed by atoms with Crippen LogP contribution in [0.3, 0.4) is 0 Å². The fourth-order valence-corrected chi connectivity index (χ4v) is 2.27. The maximum atomic E-state index is 13.3. The van der Waals surface area contributed by atoms with Crippen LogP contribution in [0.2, 0.25) is 0 Å². The molecule has 1 aromatic carbocycles. The molecular formula is C10H7FO3S. The molecule has 3 nitrogen and oxygen atoms in total. The average molecular weight is 226 g/mol. The van der Waals surface area contributed by atoms with Gasteiger partial charge in [-0.25, -0.2) is 9.18 Å². The predicted octanol–water partition coefficient (Wildman–Crippen LogP) is 2.75. The number of carboxylic acids is 1. The molecule has 0 spiro atoms. The van der Waals surface area contributed by atoms with Crippen LogP contribution in [-0.4, -0.2) is 18.2 Å². The molecule has 0 radical (unpaired) electrons. The van der Waals surface area contributed by atoms with Crippen molar-refractivity contribution >= 4 is 27.4 Å². The first-order valence-corrected chi connectivity index (χ1v) is 4.94. The molecule has 15 heavy (non-hydrogen) atoms. The number of hydrogen-bond donors (Lipinski definition) is 1. The third kappa shape index (κ3) is 1.55. The van der Waals surface area contributed by atoms with E-state index in [4.69, 9.17) is 9.84 Å². The zero-order valence-corrected chi connectivity index (χ0v) is 8.60. The molecule has 0 fully saturated rings. The van der Waals surface area contributed by atoms with Crippen molar-refractivity contribution in [2.24, 2.45) is 0 Å². The number of carboxylic acid groups (broad SMARTS) is 1. The summed E-state index contributed by atoms with van der Waals surface area (Å²) < 4.78 is 18.9. The van der Waals surface area contributed by atoms with E-state index in [1.54, 1.807) is 6.07 Å². The summed E-state index contributed by atoms with van der Waals surface area (Å²) in [4.78, 5) is 10.9. The van der Waals surface area contributed by atoms with E-state index < -0.39 is 11.8 Å². The normalized spacial score (nSPS) is 10.5. The summed E-state index contributed by atoms with van der Waals surface area (Å²) in [5.41, 5.74) is 0. The maximum Gasteiger partial charge on any atom is 0.345 e. The van der Waals surface area contributed by atoms with Crippen LogP contribution < -0.4 is 4.74 Å². The molecule has 0 amide bonds. The van der Waals surface area contributed by atoms with E-state index in [1.165, 1.54) is 19.2 Å². The molecule has 0 aliphatic carbocycles. The van der Waals surface area contributed by atoms with Crippen molar-refractivity contribution in [2.75, 3.05) is 7.11 Å². The lowest BCUT2D eigenvalue weighted by Gasteiger charge is -2.01. The van der Waals surface area contributed by atoms with Crippen LogP contribution >= 0.6 is 11.3 Å². The summed E-state index contributed by atoms with van der Waals surface area (Å²) >= 11 is 1.10. The lowest BCUT2D eigenvalue weighted by atomic mass is 10.2. The first-order valence-electron chi connectivity index (χ1n) is 4.13. The van der Waals surface area contributed by atoms with Crippen LogP contribution in [0.5, 0.6) is 5.75 Å². The van der Waals surface area contributed by atoms with Gasteiger partial charge in [0.2, 0.25) is 0 Å². The largest absolute Gasteiger partial charge is 0.493 e. The maximum absolute atomic E-state index is 13.3. The topological polar surface area (TPSA) is 46.5 Å². The molecule has 0 saturated carbocycles. The molecule has 0 bridgehead atoms. The number of fused-ring (bicyclic) bond motifs is 1. The SMILES string of the molecule is COc1c(F)ccc2sc(C(=O)O)cc12. The minimum absolute atomic E-state index is 0.0938. The molecular weight excluding hydrogens is 219 g/mol. The Morgan fingerprint density at radius 1 is 1.53 bits per heavy atom. The third-order valence-electron chi connectivity index (χ3n) is 2.02. The fraction of sp³-hybridized carbons (Fsp3) is 0.100. The highest BCUT2D eigenvalue weighted by atomic mass is 32.1. The van der Waals surface area contributed by atoms with Crippen molar-refractivity contribution < 1.29 is 19.0 Å². The van der Waals surface area contributed by atoms with Crippen LogP contribution in [0.1, 0.15) is 9.67 Å². The van der Waals surface area contributed by atoms with Crippen molar-refractivity contribution in [3.05, 3.63) is 28.9 Å². The Morgan fingerprint density at radius 2 is 2.27 bits per heavy atom. The van der Waals surface area contributed by atoms with Crippen molar-refractivity contribution in [1.82, 2.24) is 0 Å². The van der Waals surface area contributed by atoms with Gasteiger partial charge in [-0.1, -0.05) is 0 Å². The van der Waals surface area contributed by atoms with Crippen molar-refractivity contribution in [2.45, 2.75) is 0 Å². The molecule has 1 heterocycles. The highest BCUT2D eigenvalue weighted by molar-refractivity contribution is 7.20. The van der Waals surface area contributed by atoms with Crippen LogP contribution in [-0.2, 0) is 0 Å². The van der Waals surface area contributed by atoms with Crippen LogP contribution in [0.25, 0.3) is 10.1 Å². The Balaban J connectivity index is 2.75. The highest BCUT2D eigenvalue weighted by Gasteiger charge is 2.14. The van der Waals surface area contributed by atoms with Gasteiger partial charge >= 0.3 is 5.97 Å². The average Bonchev–Trinajstić information content (AvgIpc) is 2.61. The minimum Gasteiger partial charge on any atom is -0.493 e. The summed E-state index contributed by atoms with van der Waals surface area (Å²) in [7, 11) is 1.36. The van der Waals surface area contributed by atoms with Crippen LogP contribution in [0.15, 0.2) is 18.2 Å². The van der Waals surface area contributed by atoms with Gasteiger partial charge in [-0.2, -0.15) is 0 Å². The van der Waals surface area contributed by atoms with Gasteiger partial charge in [0.1, 0.15) is 4.88 Å². The van der Waals surface area contributed by atoms with Gasteiger partial charge in [-0.05, 0) is 18.2 Å². The number of aromatic carboxylic acids is 1. The Labute approximate surface area is 88.7 Å². The second-order valence-corrected chi connectivity index (χ2v) is 3.99. The molecule has 1 N–H and O–H groups in total. The predicted molar refractivity (Wildman–Crippen MR) is 55.3 cm³/mol. The van der Waals surface area contributed by atoms with Gasteiger partial charge in [0.25, 0.3) is 0 Å². The molecule has 1 aromatic heterocycles. The van der Waals surface area contributed by atoms with Crippen molar-refractivity contribution in [3.8, 4) is 5.75 Å². The number of ether oxygens (including phenoxy) is 1. The third-order valence-corrected chi connectivity index (χ3v) is 3.11. The molecule has 0 atom stereocenters. The van der Waals surface area contributed by atoms with Crippen LogP contribution in [0, 0.1) is 5.82 Å². The first kappa shape index (κ1) is 9.92. The summed E-state index contributed by atoms with van der Waals surface area (Å²) in [6.07, 6.45) is 0. The first-order chi connectivity index (χ1) is 7.13. The summed E-state index contributed by atoms with van der Waals surface area (Å²) in [5.74, 6) is -1.41. The molecule has 0 aliphatic rings. The number of benzene rings is 1. The molecule has 0 aliphatic heterocycles. The number of halogens is 1. The van der Waals surface area contributed by atoms with Crippen molar-refractivity contribution in [3.63, 3.8) is 0 Å². The summed E-state index contributed by atoms with van der Waals surface area (Å²) in [6.45, 7) is 0. The highest BCUT2D eigenvalue weighted by Crippen LogP contribution is 2.34. The Kier molecular flexibility index (Phi) is 2.32.